The molecule has 0 aliphatic rings. The lowest BCUT2D eigenvalue weighted by Crippen LogP contribution is -2.20. The fraction of sp³-hybridized carbons (Fsp3) is 0.100. The zero-order valence-electron chi connectivity index (χ0n) is 15.3. The Kier molecular flexibility index (Phi) is 3.88. The van der Waals surface area contributed by atoms with Crippen molar-refractivity contribution < 1.29 is 8.78 Å². The van der Waals surface area contributed by atoms with Crippen LogP contribution in [0.3, 0.4) is 0 Å². The molecular weight excluding hydrogens is 414 g/mol. The van der Waals surface area contributed by atoms with Crippen LogP contribution in [0, 0.1) is 18.3 Å². The van der Waals surface area contributed by atoms with Crippen LogP contribution in [0.5, 0.6) is 0 Å². The van der Waals surface area contributed by atoms with Gasteiger partial charge in [-0.25, -0.2) is 4.68 Å². The van der Waals surface area contributed by atoms with E-state index in [4.69, 9.17) is 11.6 Å². The maximum atomic E-state index is 13.5. The number of rotatable bonds is 2. The van der Waals surface area contributed by atoms with Crippen LogP contribution in [0.2, 0.25) is 5.02 Å². The Labute approximate surface area is 171 Å². The SMILES string of the molecule is Cc1c2c(nn1C(F)F)c(=O)n(-c1cccc3[nH]ncc13)c1cc(Cl)c(C#N)cc21. The third kappa shape index (κ3) is 2.37. The van der Waals surface area contributed by atoms with Crippen LogP contribution in [0.4, 0.5) is 8.78 Å². The number of pyridine rings is 1. The molecule has 0 fully saturated rings. The molecule has 148 valence electrons. The maximum absolute atomic E-state index is 13.5. The van der Waals surface area contributed by atoms with Crippen LogP contribution in [-0.4, -0.2) is 24.5 Å². The number of H-pyrrole nitrogens is 1. The number of fused-ring (bicyclic) bond motifs is 4. The third-order valence-electron chi connectivity index (χ3n) is 5.16. The Morgan fingerprint density at radius 2 is 2.07 bits per heavy atom. The van der Waals surface area contributed by atoms with E-state index in [9.17, 15) is 18.8 Å². The number of halogens is 3. The van der Waals surface area contributed by atoms with Gasteiger partial charge in [-0.3, -0.25) is 14.5 Å². The van der Waals surface area contributed by atoms with Gasteiger partial charge in [-0.15, -0.1) is 0 Å². The van der Waals surface area contributed by atoms with E-state index in [1.54, 1.807) is 24.4 Å². The van der Waals surface area contributed by atoms with Gasteiger partial charge in [0, 0.05) is 16.2 Å². The van der Waals surface area contributed by atoms with Gasteiger partial charge >= 0.3 is 6.55 Å². The van der Waals surface area contributed by atoms with Gasteiger partial charge < -0.3 is 0 Å². The first-order valence-electron chi connectivity index (χ1n) is 8.80. The molecule has 7 nitrogen and oxygen atoms in total. The molecule has 1 N–H and O–H groups in total. The molecule has 3 aromatic heterocycles. The molecule has 0 aliphatic heterocycles. The van der Waals surface area contributed by atoms with Crippen molar-refractivity contribution in [3.8, 4) is 11.8 Å². The molecule has 0 atom stereocenters. The second-order valence-electron chi connectivity index (χ2n) is 6.74. The molecule has 30 heavy (non-hydrogen) atoms. The smallest absolute Gasteiger partial charge is 0.278 e. The summed E-state index contributed by atoms with van der Waals surface area (Å²) in [6.45, 7) is -1.46. The number of benzene rings is 2. The molecule has 5 rings (SSSR count). The summed E-state index contributed by atoms with van der Waals surface area (Å²) >= 11 is 6.26. The fourth-order valence-electron chi connectivity index (χ4n) is 3.82. The summed E-state index contributed by atoms with van der Waals surface area (Å²) < 4.78 is 28.9. The summed E-state index contributed by atoms with van der Waals surface area (Å²) in [6.07, 6.45) is 1.57. The van der Waals surface area contributed by atoms with E-state index < -0.39 is 12.1 Å². The average molecular weight is 425 g/mol. The average Bonchev–Trinajstić information content (AvgIpc) is 3.33. The topological polar surface area (TPSA) is 92.3 Å². The molecular formula is C20H11ClF2N6O. The lowest BCUT2D eigenvalue weighted by Gasteiger charge is -2.13. The van der Waals surface area contributed by atoms with Gasteiger partial charge in [-0.2, -0.15) is 24.2 Å². The second-order valence-corrected chi connectivity index (χ2v) is 7.15. The summed E-state index contributed by atoms with van der Waals surface area (Å²) in [7, 11) is 0. The minimum Gasteiger partial charge on any atom is -0.278 e. The Hall–Kier alpha value is -3.77. The number of aromatic nitrogens is 5. The first-order valence-corrected chi connectivity index (χ1v) is 9.18. The normalized spacial score (nSPS) is 11.7. The monoisotopic (exact) mass is 424 g/mol. The molecule has 5 aromatic rings. The summed E-state index contributed by atoms with van der Waals surface area (Å²) in [5.74, 6) is 0. The van der Waals surface area contributed by atoms with Gasteiger partial charge in [0.2, 0.25) is 0 Å². The van der Waals surface area contributed by atoms with E-state index in [1.807, 2.05) is 6.07 Å². The maximum Gasteiger partial charge on any atom is 0.333 e. The number of nitriles is 1. The quantitative estimate of drug-likeness (QED) is 0.453. The summed E-state index contributed by atoms with van der Waals surface area (Å²) in [5, 5.41) is 21.7. The van der Waals surface area contributed by atoms with E-state index in [-0.39, 0.29) is 27.2 Å². The van der Waals surface area contributed by atoms with Crippen molar-refractivity contribution in [2.75, 3.05) is 0 Å². The molecule has 0 amide bonds. The van der Waals surface area contributed by atoms with E-state index >= 15 is 0 Å². The van der Waals surface area contributed by atoms with Gasteiger partial charge in [0.1, 0.15) is 6.07 Å². The molecule has 3 heterocycles. The van der Waals surface area contributed by atoms with Crippen LogP contribution in [0.15, 0.2) is 41.3 Å². The Morgan fingerprint density at radius 3 is 2.80 bits per heavy atom. The molecule has 0 bridgehead atoms. The first kappa shape index (κ1) is 18.3. The molecule has 0 aliphatic carbocycles. The van der Waals surface area contributed by atoms with Gasteiger partial charge in [-0.1, -0.05) is 17.7 Å². The number of alkyl halides is 2. The molecule has 0 saturated heterocycles. The molecule has 0 saturated carbocycles. The van der Waals surface area contributed by atoms with Gasteiger partial charge in [0.25, 0.3) is 5.56 Å². The van der Waals surface area contributed by atoms with E-state index in [0.717, 1.165) is 0 Å². The van der Waals surface area contributed by atoms with Crippen LogP contribution in [0.25, 0.3) is 38.4 Å². The van der Waals surface area contributed by atoms with Crippen LogP contribution in [0.1, 0.15) is 17.8 Å². The number of aromatic amines is 1. The van der Waals surface area contributed by atoms with Crippen molar-refractivity contribution >= 4 is 44.3 Å². The molecule has 0 spiro atoms. The van der Waals surface area contributed by atoms with Crippen molar-refractivity contribution in [1.82, 2.24) is 24.5 Å². The molecule has 2 aromatic carbocycles. The van der Waals surface area contributed by atoms with Crippen molar-refractivity contribution in [2.45, 2.75) is 13.5 Å². The van der Waals surface area contributed by atoms with Crippen molar-refractivity contribution in [2.24, 2.45) is 0 Å². The zero-order valence-corrected chi connectivity index (χ0v) is 16.1. The molecule has 0 radical (unpaired) electrons. The molecule has 0 unspecified atom stereocenters. The third-order valence-corrected chi connectivity index (χ3v) is 5.47. The predicted molar refractivity (Wildman–Crippen MR) is 108 cm³/mol. The van der Waals surface area contributed by atoms with Crippen LogP contribution >= 0.6 is 11.6 Å². The number of nitrogens with one attached hydrogen (secondary N) is 1. The van der Waals surface area contributed by atoms with E-state index in [1.165, 1.54) is 23.6 Å². The number of aryl methyl sites for hydroxylation is 1. The highest BCUT2D eigenvalue weighted by Crippen LogP contribution is 2.33. The van der Waals surface area contributed by atoms with E-state index in [0.29, 0.717) is 32.2 Å². The minimum atomic E-state index is -2.92. The largest absolute Gasteiger partial charge is 0.333 e. The van der Waals surface area contributed by atoms with Crippen molar-refractivity contribution in [1.29, 1.82) is 5.26 Å². The number of nitrogens with zero attached hydrogens (tertiary/aromatic N) is 5. The van der Waals surface area contributed by atoms with Crippen LogP contribution in [-0.2, 0) is 0 Å². The highest BCUT2D eigenvalue weighted by molar-refractivity contribution is 6.32. The first-order chi connectivity index (χ1) is 14.4. The summed E-state index contributed by atoms with van der Waals surface area (Å²) in [4.78, 5) is 13.5. The number of hydrogen-bond donors (Lipinski definition) is 1. The summed E-state index contributed by atoms with van der Waals surface area (Å²) in [6, 6.07) is 10.2. The highest BCUT2D eigenvalue weighted by Gasteiger charge is 2.23. The van der Waals surface area contributed by atoms with Gasteiger partial charge in [0.15, 0.2) is 5.52 Å². The number of hydrogen-bond acceptors (Lipinski definition) is 4. The minimum absolute atomic E-state index is 0.119. The Bertz CT molecular complexity index is 1590. The standard InChI is InChI=1S/C20H11ClF2N6O/c1-9-17-11-5-10(7-24)13(21)6-16(11)28(19(30)18(17)27-29(9)20(22)23)15-4-2-3-14-12(15)8-25-26-14/h2-6,8,20H,1H3,(H,25,26). The highest BCUT2D eigenvalue weighted by atomic mass is 35.5. The summed E-state index contributed by atoms with van der Waals surface area (Å²) in [5.41, 5.74) is 1.16. The van der Waals surface area contributed by atoms with Gasteiger partial charge in [0.05, 0.1) is 39.2 Å². The van der Waals surface area contributed by atoms with Crippen LogP contribution < -0.4 is 5.56 Å². The lowest BCUT2D eigenvalue weighted by molar-refractivity contribution is 0.0552. The van der Waals surface area contributed by atoms with Gasteiger partial charge in [-0.05, 0) is 31.2 Å². The fourth-order valence-corrected chi connectivity index (χ4v) is 4.02. The Morgan fingerprint density at radius 1 is 1.27 bits per heavy atom. The zero-order chi connectivity index (χ0) is 21.2. The lowest BCUT2D eigenvalue weighted by atomic mass is 10.1. The second kappa shape index (κ2) is 6.37. The van der Waals surface area contributed by atoms with Crippen molar-refractivity contribution in [3.05, 3.63) is 63.2 Å². The van der Waals surface area contributed by atoms with Crippen molar-refractivity contribution in [3.63, 3.8) is 0 Å². The predicted octanol–water partition coefficient (Wildman–Crippen LogP) is 4.45. The molecule has 10 heteroatoms. The van der Waals surface area contributed by atoms with E-state index in [2.05, 4.69) is 15.3 Å². The Balaban J connectivity index is 2.07.